The molecule has 0 saturated heterocycles. The Hall–Kier alpha value is -2.72. The van der Waals surface area contributed by atoms with Crippen molar-refractivity contribution in [2.24, 2.45) is 0 Å². The molecule has 23 heavy (non-hydrogen) atoms. The molecule has 0 unspecified atom stereocenters. The molecule has 110 valence electrons. The van der Waals surface area contributed by atoms with Gasteiger partial charge in [-0.3, -0.25) is 0 Å². The van der Waals surface area contributed by atoms with Crippen LogP contribution in [0.4, 0.5) is 0 Å². The Balaban J connectivity index is 2.34. The van der Waals surface area contributed by atoms with Crippen LogP contribution in [-0.4, -0.2) is 4.98 Å². The van der Waals surface area contributed by atoms with Gasteiger partial charge in [-0.2, -0.15) is 10.5 Å². The number of aromatic amines is 1. The predicted molar refractivity (Wildman–Crippen MR) is 91.1 cm³/mol. The maximum atomic E-state index is 9.51. The first kappa shape index (κ1) is 15.2. The van der Waals surface area contributed by atoms with Crippen LogP contribution < -0.4 is 0 Å². The van der Waals surface area contributed by atoms with Crippen LogP contribution in [0.25, 0.3) is 22.5 Å². The van der Waals surface area contributed by atoms with Gasteiger partial charge in [0, 0.05) is 21.2 Å². The maximum absolute atomic E-state index is 9.51. The minimum absolute atomic E-state index is 0.260. The molecule has 0 spiro atoms. The van der Waals surface area contributed by atoms with Crippen molar-refractivity contribution in [3.05, 3.63) is 69.7 Å². The number of hydrogen-bond donors (Lipinski definition) is 1. The average Bonchev–Trinajstić information content (AvgIpc) is 2.93. The SMILES string of the molecule is N#Cc1c(-c2ccccc2Cl)[nH]c(-c2ccccc2Cl)c1C#N. The molecule has 0 amide bonds. The van der Waals surface area contributed by atoms with Crippen LogP contribution in [0.1, 0.15) is 11.1 Å². The standard InChI is InChI=1S/C18H9Cl2N3/c19-15-7-3-1-5-11(15)17-13(9-21)14(10-22)18(23-17)12-6-2-4-8-16(12)20/h1-8,23H. The number of aromatic nitrogens is 1. The van der Waals surface area contributed by atoms with Gasteiger partial charge in [0.05, 0.1) is 22.5 Å². The molecule has 0 saturated carbocycles. The number of halogens is 2. The topological polar surface area (TPSA) is 63.4 Å². The second-order valence-electron chi connectivity index (χ2n) is 4.81. The third-order valence-electron chi connectivity index (χ3n) is 3.51. The third-order valence-corrected chi connectivity index (χ3v) is 4.17. The van der Waals surface area contributed by atoms with Crippen molar-refractivity contribution in [1.29, 1.82) is 10.5 Å². The number of nitrogens with one attached hydrogen (secondary N) is 1. The van der Waals surface area contributed by atoms with Crippen LogP contribution in [0.15, 0.2) is 48.5 Å². The molecule has 0 radical (unpaired) electrons. The van der Waals surface area contributed by atoms with Gasteiger partial charge >= 0.3 is 0 Å². The quantitative estimate of drug-likeness (QED) is 0.680. The van der Waals surface area contributed by atoms with Gasteiger partial charge in [-0.15, -0.1) is 0 Å². The van der Waals surface area contributed by atoms with Crippen LogP contribution in [-0.2, 0) is 0 Å². The van der Waals surface area contributed by atoms with E-state index in [1.165, 1.54) is 0 Å². The van der Waals surface area contributed by atoms with Crippen LogP contribution in [0.5, 0.6) is 0 Å². The van der Waals surface area contributed by atoms with E-state index in [0.29, 0.717) is 32.6 Å². The Kier molecular flexibility index (Phi) is 4.08. The molecule has 1 heterocycles. The van der Waals surface area contributed by atoms with Crippen molar-refractivity contribution < 1.29 is 0 Å². The van der Waals surface area contributed by atoms with Crippen molar-refractivity contribution in [2.75, 3.05) is 0 Å². The summed E-state index contributed by atoms with van der Waals surface area (Å²) in [5.74, 6) is 0. The zero-order valence-electron chi connectivity index (χ0n) is 11.8. The Bertz CT molecular complexity index is 897. The number of nitriles is 2. The van der Waals surface area contributed by atoms with E-state index in [0.717, 1.165) is 0 Å². The first-order valence-corrected chi connectivity index (χ1v) is 7.49. The first-order valence-electron chi connectivity index (χ1n) is 6.73. The van der Waals surface area contributed by atoms with E-state index < -0.39 is 0 Å². The summed E-state index contributed by atoms with van der Waals surface area (Å²) in [5.41, 5.74) is 2.89. The van der Waals surface area contributed by atoms with Gasteiger partial charge in [-0.1, -0.05) is 59.6 Å². The summed E-state index contributed by atoms with van der Waals surface area (Å²) in [6, 6.07) is 18.5. The summed E-state index contributed by atoms with van der Waals surface area (Å²) in [4.78, 5) is 3.15. The fourth-order valence-electron chi connectivity index (χ4n) is 2.46. The molecule has 2 aromatic carbocycles. The van der Waals surface area contributed by atoms with E-state index in [-0.39, 0.29) is 11.1 Å². The molecule has 0 bridgehead atoms. The normalized spacial score (nSPS) is 10.1. The van der Waals surface area contributed by atoms with Gasteiger partial charge in [0.2, 0.25) is 0 Å². The summed E-state index contributed by atoms with van der Waals surface area (Å²) < 4.78 is 0. The van der Waals surface area contributed by atoms with Gasteiger partial charge < -0.3 is 4.98 Å². The highest BCUT2D eigenvalue weighted by Crippen LogP contribution is 2.37. The van der Waals surface area contributed by atoms with Crippen LogP contribution in [0.2, 0.25) is 10.0 Å². The molecule has 1 N–H and O–H groups in total. The van der Waals surface area contributed by atoms with Gasteiger partial charge in [-0.05, 0) is 12.1 Å². The van der Waals surface area contributed by atoms with Crippen molar-refractivity contribution in [1.82, 2.24) is 4.98 Å². The van der Waals surface area contributed by atoms with E-state index in [9.17, 15) is 10.5 Å². The molecule has 0 atom stereocenters. The van der Waals surface area contributed by atoms with E-state index >= 15 is 0 Å². The van der Waals surface area contributed by atoms with E-state index in [1.807, 2.05) is 12.1 Å². The van der Waals surface area contributed by atoms with Gasteiger partial charge in [0.15, 0.2) is 0 Å². The number of nitrogens with zero attached hydrogens (tertiary/aromatic N) is 2. The highest BCUT2D eigenvalue weighted by atomic mass is 35.5. The number of benzene rings is 2. The molecule has 0 aliphatic heterocycles. The van der Waals surface area contributed by atoms with Gasteiger partial charge in [-0.25, -0.2) is 0 Å². The van der Waals surface area contributed by atoms with E-state index in [4.69, 9.17) is 23.2 Å². The van der Waals surface area contributed by atoms with Gasteiger partial charge in [0.25, 0.3) is 0 Å². The summed E-state index contributed by atoms with van der Waals surface area (Å²) in [7, 11) is 0. The minimum Gasteiger partial charge on any atom is -0.352 e. The lowest BCUT2D eigenvalue weighted by atomic mass is 10.0. The van der Waals surface area contributed by atoms with E-state index in [2.05, 4.69) is 17.1 Å². The van der Waals surface area contributed by atoms with Crippen LogP contribution in [0, 0.1) is 22.7 Å². The maximum Gasteiger partial charge on any atom is 0.103 e. The Morgan fingerprint density at radius 3 is 1.43 bits per heavy atom. The third kappa shape index (κ3) is 2.58. The summed E-state index contributed by atoms with van der Waals surface area (Å²) in [6.45, 7) is 0. The molecule has 0 aliphatic rings. The molecule has 3 aromatic rings. The Labute approximate surface area is 143 Å². The molecule has 3 rings (SSSR count). The average molecular weight is 338 g/mol. The lowest BCUT2D eigenvalue weighted by molar-refractivity contribution is 1.38. The van der Waals surface area contributed by atoms with Crippen molar-refractivity contribution in [2.45, 2.75) is 0 Å². The molecule has 5 heteroatoms. The molecule has 0 aliphatic carbocycles. The Morgan fingerprint density at radius 2 is 1.09 bits per heavy atom. The lowest BCUT2D eigenvalue weighted by Gasteiger charge is -2.03. The summed E-state index contributed by atoms with van der Waals surface area (Å²) in [6.07, 6.45) is 0. The summed E-state index contributed by atoms with van der Waals surface area (Å²) in [5, 5.41) is 20.0. The largest absolute Gasteiger partial charge is 0.352 e. The van der Waals surface area contributed by atoms with Crippen LogP contribution >= 0.6 is 23.2 Å². The highest BCUT2D eigenvalue weighted by molar-refractivity contribution is 6.34. The molecular weight excluding hydrogens is 329 g/mol. The van der Waals surface area contributed by atoms with E-state index in [1.54, 1.807) is 36.4 Å². The second-order valence-corrected chi connectivity index (χ2v) is 5.62. The number of rotatable bonds is 2. The Morgan fingerprint density at radius 1 is 0.696 bits per heavy atom. The molecule has 1 aromatic heterocycles. The molecule has 3 nitrogen and oxygen atoms in total. The van der Waals surface area contributed by atoms with Crippen molar-refractivity contribution in [3.63, 3.8) is 0 Å². The monoisotopic (exact) mass is 337 g/mol. The molecular formula is C18H9Cl2N3. The predicted octanol–water partition coefficient (Wildman–Crippen LogP) is 5.40. The first-order chi connectivity index (χ1) is 11.2. The van der Waals surface area contributed by atoms with Crippen LogP contribution in [0.3, 0.4) is 0 Å². The van der Waals surface area contributed by atoms with Crippen molar-refractivity contribution >= 4 is 23.2 Å². The van der Waals surface area contributed by atoms with Crippen molar-refractivity contribution in [3.8, 4) is 34.7 Å². The second kappa shape index (κ2) is 6.18. The number of hydrogen-bond acceptors (Lipinski definition) is 2. The van der Waals surface area contributed by atoms with Gasteiger partial charge in [0.1, 0.15) is 12.1 Å². The minimum atomic E-state index is 0.260. The lowest BCUT2D eigenvalue weighted by Crippen LogP contribution is -1.84. The zero-order valence-corrected chi connectivity index (χ0v) is 13.3. The zero-order chi connectivity index (χ0) is 16.4. The fourth-order valence-corrected chi connectivity index (χ4v) is 2.92. The number of H-pyrrole nitrogens is 1. The summed E-state index contributed by atoms with van der Waals surface area (Å²) >= 11 is 12.5. The molecule has 0 fully saturated rings. The highest BCUT2D eigenvalue weighted by Gasteiger charge is 2.21. The smallest absolute Gasteiger partial charge is 0.103 e. The fraction of sp³-hybridized carbons (Fsp3) is 0.